The fourth-order valence-electron chi connectivity index (χ4n) is 1.29. The molecule has 1 aromatic carbocycles. The Balaban J connectivity index is 2.39. The summed E-state index contributed by atoms with van der Waals surface area (Å²) in [5.41, 5.74) is 1.89. The van der Waals surface area contributed by atoms with E-state index in [0.29, 0.717) is 5.69 Å². The van der Waals surface area contributed by atoms with Gasteiger partial charge in [0.15, 0.2) is 5.69 Å². The monoisotopic (exact) mass is 199 g/mol. The molecule has 1 nitrogen and oxygen atoms in total. The van der Waals surface area contributed by atoms with Crippen molar-refractivity contribution in [3.63, 3.8) is 0 Å². The summed E-state index contributed by atoms with van der Waals surface area (Å²) in [6.45, 7) is 8.95. The Morgan fingerprint density at radius 3 is 2.29 bits per heavy atom. The smallest absolute Gasteiger partial charge is 0.187 e. The molecule has 1 heterocycles. The van der Waals surface area contributed by atoms with Gasteiger partial charge in [0.25, 0.3) is 0 Å². The maximum Gasteiger partial charge on any atom is 0.187 e. The van der Waals surface area contributed by atoms with Crippen LogP contribution in [0.3, 0.4) is 0 Å². The molecule has 0 radical (unpaired) electrons. The zero-order valence-corrected chi connectivity index (χ0v) is 8.64. The van der Waals surface area contributed by atoms with Gasteiger partial charge in [-0.3, -0.25) is 0 Å². The van der Waals surface area contributed by atoms with E-state index >= 15 is 0 Å². The van der Waals surface area contributed by atoms with E-state index in [-0.39, 0.29) is 0 Å². The van der Waals surface area contributed by atoms with Gasteiger partial charge in [-0.15, -0.1) is 11.3 Å². The molecule has 2 aromatic rings. The Hall–Kier alpha value is -1.59. The fraction of sp³-hybridized carbons (Fsp3) is 0.0833. The number of hydrogen-bond acceptors (Lipinski definition) is 1. The second-order valence-electron chi connectivity index (χ2n) is 3.07. The maximum absolute atomic E-state index is 6.85. The summed E-state index contributed by atoms with van der Waals surface area (Å²) < 4.78 is 0. The van der Waals surface area contributed by atoms with Gasteiger partial charge in [0, 0.05) is 9.75 Å². The van der Waals surface area contributed by atoms with Crippen molar-refractivity contribution in [2.24, 2.45) is 0 Å². The normalized spacial score (nSPS) is 9.71. The van der Waals surface area contributed by atoms with Crippen molar-refractivity contribution in [2.45, 2.75) is 6.92 Å². The topological polar surface area (TPSA) is 4.36 Å². The Labute approximate surface area is 87.5 Å². The van der Waals surface area contributed by atoms with E-state index in [2.05, 4.69) is 23.9 Å². The minimum absolute atomic E-state index is 0.696. The van der Waals surface area contributed by atoms with Gasteiger partial charge in [0.2, 0.25) is 0 Å². The number of thiophene rings is 1. The van der Waals surface area contributed by atoms with E-state index in [1.54, 1.807) is 11.3 Å². The Morgan fingerprint density at radius 2 is 1.79 bits per heavy atom. The van der Waals surface area contributed by atoms with Gasteiger partial charge >= 0.3 is 0 Å². The van der Waals surface area contributed by atoms with Crippen molar-refractivity contribution >= 4 is 17.0 Å². The largest absolute Gasteiger partial charge is 0.238 e. The molecular weight excluding hydrogens is 190 g/mol. The van der Waals surface area contributed by atoms with E-state index in [9.17, 15) is 0 Å². The van der Waals surface area contributed by atoms with Gasteiger partial charge < -0.3 is 0 Å². The summed E-state index contributed by atoms with van der Waals surface area (Å²) >= 11 is 1.78. The summed E-state index contributed by atoms with van der Waals surface area (Å²) in [5, 5.41) is 0. The van der Waals surface area contributed by atoms with Crippen LogP contribution < -0.4 is 0 Å². The molecule has 0 unspecified atom stereocenters. The van der Waals surface area contributed by atoms with E-state index in [0.717, 1.165) is 0 Å². The molecule has 0 saturated heterocycles. The van der Waals surface area contributed by atoms with Crippen LogP contribution >= 0.6 is 11.3 Å². The minimum Gasteiger partial charge on any atom is -0.238 e. The molecule has 0 saturated carbocycles. The SMILES string of the molecule is [C-]#[N+]c1ccc(-c2ccc(C)s2)cc1. The number of nitrogens with zero attached hydrogens (tertiary/aromatic N) is 1. The average Bonchev–Trinajstić information content (AvgIpc) is 2.65. The van der Waals surface area contributed by atoms with Crippen LogP contribution in [0.2, 0.25) is 0 Å². The average molecular weight is 199 g/mol. The van der Waals surface area contributed by atoms with Gasteiger partial charge in [0.1, 0.15) is 0 Å². The standard InChI is InChI=1S/C12H9NS/c1-9-3-8-12(14-9)10-4-6-11(13-2)7-5-10/h3-8H,1H3. The lowest BCUT2D eigenvalue weighted by Crippen LogP contribution is -1.69. The van der Waals surface area contributed by atoms with Crippen LogP contribution in [0.15, 0.2) is 36.4 Å². The molecule has 0 N–H and O–H groups in total. The van der Waals surface area contributed by atoms with E-state index in [4.69, 9.17) is 6.57 Å². The first-order valence-electron chi connectivity index (χ1n) is 4.34. The van der Waals surface area contributed by atoms with Crippen molar-refractivity contribution in [3.8, 4) is 10.4 Å². The predicted octanol–water partition coefficient (Wildman–Crippen LogP) is 4.27. The highest BCUT2D eigenvalue weighted by molar-refractivity contribution is 7.15. The zero-order chi connectivity index (χ0) is 9.97. The second kappa shape index (κ2) is 3.65. The highest BCUT2D eigenvalue weighted by Gasteiger charge is 1.99. The lowest BCUT2D eigenvalue weighted by atomic mass is 10.2. The molecule has 2 heteroatoms. The molecule has 1 aromatic heterocycles. The van der Waals surface area contributed by atoms with Crippen LogP contribution in [-0.4, -0.2) is 0 Å². The Kier molecular flexibility index (Phi) is 2.34. The van der Waals surface area contributed by atoms with Crippen LogP contribution in [0, 0.1) is 13.5 Å². The van der Waals surface area contributed by atoms with Gasteiger partial charge in [-0.1, -0.05) is 24.3 Å². The summed E-state index contributed by atoms with van der Waals surface area (Å²) in [6, 6.07) is 11.9. The maximum atomic E-state index is 6.85. The minimum atomic E-state index is 0.696. The third-order valence-corrected chi connectivity index (χ3v) is 3.07. The molecule has 0 atom stereocenters. The first-order chi connectivity index (χ1) is 6.79. The van der Waals surface area contributed by atoms with Gasteiger partial charge in [0.05, 0.1) is 6.57 Å². The van der Waals surface area contributed by atoms with Crippen LogP contribution in [0.5, 0.6) is 0 Å². The number of benzene rings is 1. The highest BCUT2D eigenvalue weighted by atomic mass is 32.1. The van der Waals surface area contributed by atoms with Crippen molar-refractivity contribution < 1.29 is 0 Å². The quantitative estimate of drug-likeness (QED) is 0.604. The molecule has 0 fully saturated rings. The van der Waals surface area contributed by atoms with Crippen LogP contribution in [0.25, 0.3) is 15.3 Å². The Bertz CT molecular complexity index is 474. The molecule has 0 aliphatic heterocycles. The first kappa shape index (κ1) is 8.98. The molecule has 68 valence electrons. The van der Waals surface area contributed by atoms with Crippen molar-refractivity contribution in [1.29, 1.82) is 0 Å². The van der Waals surface area contributed by atoms with Crippen molar-refractivity contribution in [3.05, 3.63) is 52.7 Å². The van der Waals surface area contributed by atoms with E-state index < -0.39 is 0 Å². The second-order valence-corrected chi connectivity index (χ2v) is 4.36. The van der Waals surface area contributed by atoms with E-state index in [1.165, 1.54) is 15.3 Å². The number of rotatable bonds is 1. The molecule has 0 bridgehead atoms. The lowest BCUT2D eigenvalue weighted by Gasteiger charge is -1.96. The summed E-state index contributed by atoms with van der Waals surface area (Å²) in [7, 11) is 0. The van der Waals surface area contributed by atoms with Gasteiger partial charge in [-0.2, -0.15) is 0 Å². The van der Waals surface area contributed by atoms with Crippen LogP contribution in [0.4, 0.5) is 5.69 Å². The Morgan fingerprint density at radius 1 is 1.07 bits per heavy atom. The number of aryl methyl sites for hydroxylation is 1. The number of hydrogen-bond donors (Lipinski definition) is 0. The van der Waals surface area contributed by atoms with Crippen LogP contribution in [-0.2, 0) is 0 Å². The summed E-state index contributed by atoms with van der Waals surface area (Å²) in [4.78, 5) is 5.94. The molecule has 0 amide bonds. The first-order valence-corrected chi connectivity index (χ1v) is 5.15. The van der Waals surface area contributed by atoms with Gasteiger partial charge in [-0.05, 0) is 24.6 Å². The molecule has 0 spiro atoms. The molecule has 2 rings (SSSR count). The molecule has 0 aliphatic rings. The third kappa shape index (κ3) is 1.68. The molecule has 14 heavy (non-hydrogen) atoms. The summed E-state index contributed by atoms with van der Waals surface area (Å²) in [5.74, 6) is 0. The fourth-order valence-corrected chi connectivity index (χ4v) is 2.16. The predicted molar refractivity (Wildman–Crippen MR) is 60.8 cm³/mol. The van der Waals surface area contributed by atoms with Crippen molar-refractivity contribution in [2.75, 3.05) is 0 Å². The molecule has 0 aliphatic carbocycles. The van der Waals surface area contributed by atoms with Crippen LogP contribution in [0.1, 0.15) is 4.88 Å². The lowest BCUT2D eigenvalue weighted by molar-refractivity contribution is 1.64. The van der Waals surface area contributed by atoms with Crippen molar-refractivity contribution in [1.82, 2.24) is 0 Å². The zero-order valence-electron chi connectivity index (χ0n) is 7.82. The van der Waals surface area contributed by atoms with Gasteiger partial charge in [-0.25, -0.2) is 4.85 Å². The summed E-state index contributed by atoms with van der Waals surface area (Å²) in [6.07, 6.45) is 0. The third-order valence-electron chi connectivity index (χ3n) is 2.02. The van der Waals surface area contributed by atoms with E-state index in [1.807, 2.05) is 24.3 Å². The molecular formula is C12H9NS. The highest BCUT2D eigenvalue weighted by Crippen LogP contribution is 2.28.